The van der Waals surface area contributed by atoms with Gasteiger partial charge in [0.2, 0.25) is 0 Å². The zero-order valence-electron chi connectivity index (χ0n) is 8.64. The van der Waals surface area contributed by atoms with Crippen molar-refractivity contribution in [2.75, 3.05) is 5.32 Å². The normalized spacial score (nSPS) is 10.1. The maximum Gasteiger partial charge on any atom is 0.274 e. The molecule has 1 amide bonds. The topological polar surface area (TPSA) is 46.9 Å². The third-order valence-corrected chi connectivity index (χ3v) is 2.27. The summed E-state index contributed by atoms with van der Waals surface area (Å²) < 4.78 is 1.85. The van der Waals surface area contributed by atoms with E-state index in [1.165, 1.54) is 6.20 Å². The van der Waals surface area contributed by atoms with Crippen molar-refractivity contribution in [2.45, 2.75) is 0 Å². The Morgan fingerprint density at radius 1 is 1.44 bits per heavy atom. The fourth-order valence-corrected chi connectivity index (χ4v) is 1.39. The molecular weight excluding hydrogens is 226 g/mol. The van der Waals surface area contributed by atoms with E-state index in [9.17, 15) is 4.79 Å². The number of amides is 1. The Hall–Kier alpha value is -1.81. The standard InChI is InChI=1S/C11H10ClN3O/c1-15-5-4-9(7-15)14-11(16)10-3-2-8(12)6-13-10/h2-7H,1H3,(H,14,16). The van der Waals surface area contributed by atoms with Crippen LogP contribution in [0.5, 0.6) is 0 Å². The quantitative estimate of drug-likeness (QED) is 0.869. The number of hydrogen-bond donors (Lipinski definition) is 1. The van der Waals surface area contributed by atoms with E-state index >= 15 is 0 Å². The molecule has 0 fully saturated rings. The lowest BCUT2D eigenvalue weighted by molar-refractivity contribution is 0.102. The molecule has 2 aromatic rings. The van der Waals surface area contributed by atoms with Gasteiger partial charge in [0, 0.05) is 25.6 Å². The van der Waals surface area contributed by atoms with Gasteiger partial charge >= 0.3 is 0 Å². The van der Waals surface area contributed by atoms with Gasteiger partial charge in [-0.2, -0.15) is 0 Å². The second-order valence-corrected chi connectivity index (χ2v) is 3.82. The van der Waals surface area contributed by atoms with Gasteiger partial charge in [0.15, 0.2) is 0 Å². The summed E-state index contributed by atoms with van der Waals surface area (Å²) in [6, 6.07) is 5.03. The molecule has 1 N–H and O–H groups in total. The summed E-state index contributed by atoms with van der Waals surface area (Å²) in [4.78, 5) is 15.6. The van der Waals surface area contributed by atoms with Crippen LogP contribution in [0.15, 0.2) is 36.8 Å². The predicted molar refractivity (Wildman–Crippen MR) is 62.6 cm³/mol. The number of pyridine rings is 1. The second-order valence-electron chi connectivity index (χ2n) is 3.38. The first-order valence-electron chi connectivity index (χ1n) is 4.70. The highest BCUT2D eigenvalue weighted by molar-refractivity contribution is 6.30. The Kier molecular flexibility index (Phi) is 2.92. The van der Waals surface area contributed by atoms with Crippen molar-refractivity contribution in [3.05, 3.63) is 47.5 Å². The number of hydrogen-bond acceptors (Lipinski definition) is 2. The van der Waals surface area contributed by atoms with Crippen molar-refractivity contribution in [1.29, 1.82) is 0 Å². The summed E-state index contributed by atoms with van der Waals surface area (Å²) in [6.45, 7) is 0. The molecule has 0 saturated heterocycles. The number of nitrogens with one attached hydrogen (secondary N) is 1. The molecular formula is C11H10ClN3O. The maximum atomic E-state index is 11.7. The summed E-state index contributed by atoms with van der Waals surface area (Å²) in [5, 5.41) is 3.24. The lowest BCUT2D eigenvalue weighted by Gasteiger charge is -2.01. The number of carbonyl (C=O) groups excluding carboxylic acids is 1. The van der Waals surface area contributed by atoms with Crippen molar-refractivity contribution >= 4 is 23.2 Å². The van der Waals surface area contributed by atoms with Crippen molar-refractivity contribution in [3.8, 4) is 0 Å². The summed E-state index contributed by atoms with van der Waals surface area (Å²) in [5.74, 6) is -0.247. The van der Waals surface area contributed by atoms with Gasteiger partial charge < -0.3 is 9.88 Å². The molecule has 0 spiro atoms. The van der Waals surface area contributed by atoms with E-state index in [1.807, 2.05) is 30.1 Å². The van der Waals surface area contributed by atoms with Crippen LogP contribution in [0, 0.1) is 0 Å². The number of carbonyl (C=O) groups is 1. The lowest BCUT2D eigenvalue weighted by Crippen LogP contribution is -2.12. The predicted octanol–water partition coefficient (Wildman–Crippen LogP) is 2.33. The fraction of sp³-hybridized carbons (Fsp3) is 0.0909. The molecule has 0 radical (unpaired) electrons. The van der Waals surface area contributed by atoms with Crippen LogP contribution in [0.1, 0.15) is 10.5 Å². The molecule has 2 heterocycles. The number of anilines is 1. The first kappa shape index (κ1) is 10.7. The molecule has 0 bridgehead atoms. The molecule has 2 aromatic heterocycles. The van der Waals surface area contributed by atoms with Crippen molar-refractivity contribution in [1.82, 2.24) is 9.55 Å². The highest BCUT2D eigenvalue weighted by Gasteiger charge is 2.07. The number of aromatic nitrogens is 2. The Morgan fingerprint density at radius 2 is 2.25 bits per heavy atom. The monoisotopic (exact) mass is 235 g/mol. The minimum absolute atomic E-state index is 0.247. The van der Waals surface area contributed by atoms with Crippen LogP contribution in [-0.2, 0) is 7.05 Å². The molecule has 0 saturated carbocycles. The molecule has 0 aliphatic carbocycles. The lowest BCUT2D eigenvalue weighted by atomic mass is 10.3. The minimum atomic E-state index is -0.247. The molecule has 5 heteroatoms. The molecule has 16 heavy (non-hydrogen) atoms. The van der Waals surface area contributed by atoms with Gasteiger partial charge in [-0.05, 0) is 18.2 Å². The van der Waals surface area contributed by atoms with Crippen LogP contribution in [0.2, 0.25) is 5.02 Å². The summed E-state index contributed by atoms with van der Waals surface area (Å²) >= 11 is 5.68. The van der Waals surface area contributed by atoms with Gasteiger partial charge in [0.25, 0.3) is 5.91 Å². The zero-order valence-corrected chi connectivity index (χ0v) is 9.40. The average Bonchev–Trinajstić information content (AvgIpc) is 2.65. The van der Waals surface area contributed by atoms with Crippen molar-refractivity contribution < 1.29 is 4.79 Å². The van der Waals surface area contributed by atoms with Gasteiger partial charge in [-0.15, -0.1) is 0 Å². The van der Waals surface area contributed by atoms with Crippen LogP contribution in [-0.4, -0.2) is 15.5 Å². The van der Waals surface area contributed by atoms with Crippen LogP contribution >= 0.6 is 11.6 Å². The third kappa shape index (κ3) is 2.41. The number of aryl methyl sites for hydroxylation is 1. The van der Waals surface area contributed by atoms with Crippen molar-refractivity contribution in [3.63, 3.8) is 0 Å². The number of rotatable bonds is 2. The summed E-state index contributed by atoms with van der Waals surface area (Å²) in [5.41, 5.74) is 1.08. The molecule has 0 aromatic carbocycles. The van der Waals surface area contributed by atoms with E-state index in [1.54, 1.807) is 12.1 Å². The first-order valence-corrected chi connectivity index (χ1v) is 5.08. The molecule has 0 unspecified atom stereocenters. The molecule has 4 nitrogen and oxygen atoms in total. The van der Waals surface area contributed by atoms with Crippen LogP contribution in [0.3, 0.4) is 0 Å². The van der Waals surface area contributed by atoms with E-state index in [-0.39, 0.29) is 5.91 Å². The maximum absolute atomic E-state index is 11.7. The van der Waals surface area contributed by atoms with Gasteiger partial charge in [-0.3, -0.25) is 4.79 Å². The average molecular weight is 236 g/mol. The van der Waals surface area contributed by atoms with E-state index in [0.717, 1.165) is 5.69 Å². The molecule has 0 atom stereocenters. The Labute approximate surface area is 97.9 Å². The molecule has 0 aliphatic rings. The SMILES string of the molecule is Cn1ccc(NC(=O)c2ccc(Cl)cn2)c1. The zero-order chi connectivity index (χ0) is 11.5. The van der Waals surface area contributed by atoms with E-state index in [2.05, 4.69) is 10.3 Å². The number of halogens is 1. The Bertz CT molecular complexity index is 504. The van der Waals surface area contributed by atoms with Gasteiger partial charge in [0.1, 0.15) is 5.69 Å². The molecule has 0 aliphatic heterocycles. The van der Waals surface area contributed by atoms with Crippen LogP contribution in [0.4, 0.5) is 5.69 Å². The van der Waals surface area contributed by atoms with E-state index in [0.29, 0.717) is 10.7 Å². The van der Waals surface area contributed by atoms with E-state index in [4.69, 9.17) is 11.6 Å². The van der Waals surface area contributed by atoms with Gasteiger partial charge in [-0.1, -0.05) is 11.6 Å². The number of nitrogens with zero attached hydrogens (tertiary/aromatic N) is 2. The molecule has 82 valence electrons. The third-order valence-electron chi connectivity index (χ3n) is 2.05. The van der Waals surface area contributed by atoms with Crippen LogP contribution < -0.4 is 5.32 Å². The fourth-order valence-electron chi connectivity index (χ4n) is 1.28. The van der Waals surface area contributed by atoms with Gasteiger partial charge in [-0.25, -0.2) is 4.98 Å². The Morgan fingerprint density at radius 3 is 2.81 bits per heavy atom. The summed E-state index contributed by atoms with van der Waals surface area (Å²) in [6.07, 6.45) is 5.11. The van der Waals surface area contributed by atoms with Crippen LogP contribution in [0.25, 0.3) is 0 Å². The van der Waals surface area contributed by atoms with E-state index < -0.39 is 0 Å². The largest absolute Gasteiger partial charge is 0.355 e. The minimum Gasteiger partial charge on any atom is -0.355 e. The Balaban J connectivity index is 2.11. The second kappa shape index (κ2) is 4.37. The summed E-state index contributed by atoms with van der Waals surface area (Å²) in [7, 11) is 1.89. The van der Waals surface area contributed by atoms with Crippen molar-refractivity contribution in [2.24, 2.45) is 7.05 Å². The van der Waals surface area contributed by atoms with Gasteiger partial charge in [0.05, 0.1) is 10.7 Å². The first-order chi connectivity index (χ1) is 7.65. The highest BCUT2D eigenvalue weighted by Crippen LogP contribution is 2.10. The highest BCUT2D eigenvalue weighted by atomic mass is 35.5. The smallest absolute Gasteiger partial charge is 0.274 e. The molecule has 2 rings (SSSR count).